The normalized spacial score (nSPS) is 54.3. The smallest absolute Gasteiger partial charge is 0.187 e. The van der Waals surface area contributed by atoms with Crippen molar-refractivity contribution >= 4 is 0 Å². The summed E-state index contributed by atoms with van der Waals surface area (Å²) in [6.45, 7) is -0.181. The Labute approximate surface area is 227 Å². The molecule has 4 fully saturated rings. The van der Waals surface area contributed by atoms with Gasteiger partial charge in [-0.2, -0.15) is 0 Å². The van der Waals surface area contributed by atoms with Crippen molar-refractivity contribution in [2.45, 2.75) is 118 Å². The molecule has 0 aromatic rings. The van der Waals surface area contributed by atoms with Crippen molar-refractivity contribution in [3.8, 4) is 0 Å². The first-order valence-electron chi connectivity index (χ1n) is 12.8. The van der Waals surface area contributed by atoms with Crippen LogP contribution in [0.4, 0.5) is 0 Å². The van der Waals surface area contributed by atoms with E-state index >= 15 is 0 Å². The molecule has 18 heteroatoms. The molecular formula is C22H38O18. The molecule has 0 saturated carbocycles. The van der Waals surface area contributed by atoms with Crippen LogP contribution in [0, 0.1) is 0 Å². The second kappa shape index (κ2) is 13.3. The molecule has 0 aromatic heterocycles. The van der Waals surface area contributed by atoms with E-state index in [0.29, 0.717) is 0 Å². The predicted octanol–water partition coefficient (Wildman–Crippen LogP) is -7.44. The van der Waals surface area contributed by atoms with Crippen molar-refractivity contribution in [1.29, 1.82) is 0 Å². The summed E-state index contributed by atoms with van der Waals surface area (Å²) in [6, 6.07) is 0. The van der Waals surface area contributed by atoms with Gasteiger partial charge in [0.25, 0.3) is 0 Å². The average molecular weight is 591 g/mol. The van der Waals surface area contributed by atoms with Crippen LogP contribution in [0.1, 0.15) is 6.92 Å². The van der Waals surface area contributed by atoms with Crippen molar-refractivity contribution in [3.05, 3.63) is 0 Å². The first-order valence-corrected chi connectivity index (χ1v) is 12.8. The standard InChI is InChI=1S/C22H38O18/c1-5-16(38-20-12(29)9(26)6(24)3-34-20)11(28)14(31)22(36-5)39-17-8(2-23)37-19(33)15(32)18(17)40-21-13(30)10(27)7(25)4-35-21/h5-33H,2-4H2,1H3/t5-,6+,7+,8+,9-,10-,11-,12+,13+,14+,15+,16-,17+,18+,19+,20-,21-,22-/m0/s1. The Kier molecular flexibility index (Phi) is 10.7. The zero-order valence-electron chi connectivity index (χ0n) is 21.3. The highest BCUT2D eigenvalue weighted by Crippen LogP contribution is 2.33. The summed E-state index contributed by atoms with van der Waals surface area (Å²) in [5, 5.41) is 112. The zero-order chi connectivity index (χ0) is 29.5. The van der Waals surface area contributed by atoms with E-state index < -0.39 is 124 Å². The lowest BCUT2D eigenvalue weighted by Gasteiger charge is -2.48. The molecule has 40 heavy (non-hydrogen) atoms. The molecule has 18 nitrogen and oxygen atoms in total. The number of rotatable bonds is 7. The molecule has 0 amide bonds. The molecule has 234 valence electrons. The Morgan fingerprint density at radius 2 is 1.02 bits per heavy atom. The summed E-state index contributed by atoms with van der Waals surface area (Å²) in [7, 11) is 0. The average Bonchev–Trinajstić information content (AvgIpc) is 2.93. The largest absolute Gasteiger partial charge is 0.394 e. The Bertz CT molecular complexity index is 808. The van der Waals surface area contributed by atoms with Crippen LogP contribution in [0.3, 0.4) is 0 Å². The van der Waals surface area contributed by atoms with Crippen LogP contribution in [0.2, 0.25) is 0 Å². The van der Waals surface area contributed by atoms with Gasteiger partial charge in [-0.05, 0) is 6.92 Å². The fraction of sp³-hybridized carbons (Fsp3) is 1.00. The maximum absolute atomic E-state index is 10.8. The van der Waals surface area contributed by atoms with Crippen molar-refractivity contribution < 1.29 is 89.3 Å². The van der Waals surface area contributed by atoms with Gasteiger partial charge in [-0.3, -0.25) is 0 Å². The van der Waals surface area contributed by atoms with Crippen LogP contribution in [-0.2, 0) is 33.2 Å². The quantitative estimate of drug-likeness (QED) is 0.131. The molecule has 0 radical (unpaired) electrons. The fourth-order valence-corrected chi connectivity index (χ4v) is 4.94. The minimum atomic E-state index is -1.89. The van der Waals surface area contributed by atoms with E-state index in [1.54, 1.807) is 0 Å². The summed E-state index contributed by atoms with van der Waals surface area (Å²) in [5.41, 5.74) is 0. The summed E-state index contributed by atoms with van der Waals surface area (Å²) in [5.74, 6) is 0. The Morgan fingerprint density at radius 1 is 0.550 bits per heavy atom. The molecule has 0 unspecified atom stereocenters. The van der Waals surface area contributed by atoms with E-state index in [2.05, 4.69) is 0 Å². The number of hydrogen-bond donors (Lipinski definition) is 11. The predicted molar refractivity (Wildman–Crippen MR) is 120 cm³/mol. The molecule has 11 N–H and O–H groups in total. The topological polar surface area (TPSA) is 287 Å². The Morgan fingerprint density at radius 3 is 1.55 bits per heavy atom. The van der Waals surface area contributed by atoms with Gasteiger partial charge in [0.15, 0.2) is 25.2 Å². The summed E-state index contributed by atoms with van der Waals surface area (Å²) >= 11 is 0. The molecule has 18 atom stereocenters. The minimum Gasteiger partial charge on any atom is -0.394 e. The first-order chi connectivity index (χ1) is 18.8. The molecule has 0 spiro atoms. The number of hydrogen-bond acceptors (Lipinski definition) is 18. The number of aliphatic hydroxyl groups is 11. The van der Waals surface area contributed by atoms with Gasteiger partial charge in [-0.1, -0.05) is 0 Å². The highest BCUT2D eigenvalue weighted by atomic mass is 16.8. The highest BCUT2D eigenvalue weighted by Gasteiger charge is 2.53. The second-order valence-electron chi connectivity index (χ2n) is 10.2. The van der Waals surface area contributed by atoms with Gasteiger partial charge in [-0.15, -0.1) is 0 Å². The molecule has 0 bridgehead atoms. The third-order valence-electron chi connectivity index (χ3n) is 7.37. The highest BCUT2D eigenvalue weighted by molar-refractivity contribution is 4.96. The lowest BCUT2D eigenvalue weighted by atomic mass is 9.96. The molecule has 4 aliphatic heterocycles. The molecule has 4 saturated heterocycles. The summed E-state index contributed by atoms with van der Waals surface area (Å²) < 4.78 is 38.1. The van der Waals surface area contributed by atoms with E-state index in [-0.39, 0.29) is 6.61 Å². The maximum Gasteiger partial charge on any atom is 0.187 e. The fourth-order valence-electron chi connectivity index (χ4n) is 4.94. The van der Waals surface area contributed by atoms with Gasteiger partial charge in [-0.25, -0.2) is 0 Å². The Balaban J connectivity index is 1.47. The van der Waals surface area contributed by atoms with Crippen molar-refractivity contribution in [1.82, 2.24) is 0 Å². The van der Waals surface area contributed by atoms with Crippen molar-refractivity contribution in [2.24, 2.45) is 0 Å². The molecule has 0 aromatic carbocycles. The second-order valence-corrected chi connectivity index (χ2v) is 10.2. The third-order valence-corrected chi connectivity index (χ3v) is 7.37. The van der Waals surface area contributed by atoms with E-state index in [1.165, 1.54) is 6.92 Å². The van der Waals surface area contributed by atoms with Gasteiger partial charge in [0.05, 0.1) is 25.9 Å². The van der Waals surface area contributed by atoms with Gasteiger partial charge in [0.2, 0.25) is 0 Å². The van der Waals surface area contributed by atoms with Crippen LogP contribution >= 0.6 is 0 Å². The van der Waals surface area contributed by atoms with Crippen molar-refractivity contribution in [3.63, 3.8) is 0 Å². The van der Waals surface area contributed by atoms with E-state index in [9.17, 15) is 56.2 Å². The molecule has 4 rings (SSSR count). The monoisotopic (exact) mass is 590 g/mol. The minimum absolute atomic E-state index is 0.371. The molecule has 0 aliphatic carbocycles. The number of aliphatic hydroxyl groups excluding tert-OH is 11. The molecule has 4 heterocycles. The van der Waals surface area contributed by atoms with Gasteiger partial charge in [0, 0.05) is 0 Å². The van der Waals surface area contributed by atoms with Gasteiger partial charge in [0.1, 0.15) is 79.4 Å². The molecule has 4 aliphatic rings. The van der Waals surface area contributed by atoms with E-state index in [0.717, 1.165) is 0 Å². The van der Waals surface area contributed by atoms with Crippen LogP contribution < -0.4 is 0 Å². The summed E-state index contributed by atoms with van der Waals surface area (Å²) in [6.07, 6.45) is -28.6. The van der Waals surface area contributed by atoms with Gasteiger partial charge >= 0.3 is 0 Å². The molecular weight excluding hydrogens is 552 g/mol. The zero-order valence-corrected chi connectivity index (χ0v) is 21.3. The van der Waals surface area contributed by atoms with Crippen LogP contribution in [0.5, 0.6) is 0 Å². The maximum atomic E-state index is 10.8. The Hall–Kier alpha value is -0.720. The number of ether oxygens (including phenoxy) is 7. The SMILES string of the molecule is C[C@@H]1O[C@@H](O[C@H]2[C@H](O[C@@H]3OC[C@@H](O)[C@H](O)[C@H]3O)[C@@H](O)[C@H](O)O[C@@H]2CO)[C@H](O)[C@H](O)[C@H]1O[C@@H]1OC[C@@H](O)[C@H](O)[C@H]1O. The van der Waals surface area contributed by atoms with Crippen LogP contribution in [-0.4, -0.2) is 187 Å². The van der Waals surface area contributed by atoms with Crippen molar-refractivity contribution in [2.75, 3.05) is 19.8 Å². The van der Waals surface area contributed by atoms with E-state index in [1.807, 2.05) is 0 Å². The van der Waals surface area contributed by atoms with Gasteiger partial charge < -0.3 is 89.3 Å². The first kappa shape index (κ1) is 32.2. The lowest BCUT2D eigenvalue weighted by molar-refractivity contribution is -0.384. The third kappa shape index (κ3) is 6.44. The lowest BCUT2D eigenvalue weighted by Crippen LogP contribution is -2.66. The summed E-state index contributed by atoms with van der Waals surface area (Å²) in [4.78, 5) is 0. The van der Waals surface area contributed by atoms with Crippen LogP contribution in [0.15, 0.2) is 0 Å². The van der Waals surface area contributed by atoms with E-state index in [4.69, 9.17) is 33.2 Å². The van der Waals surface area contributed by atoms with Crippen LogP contribution in [0.25, 0.3) is 0 Å².